The topological polar surface area (TPSA) is 55.6 Å². The summed E-state index contributed by atoms with van der Waals surface area (Å²) in [5, 5.41) is 0. The van der Waals surface area contributed by atoms with E-state index in [2.05, 4.69) is 0 Å². The lowest BCUT2D eigenvalue weighted by Gasteiger charge is -2.26. The molecule has 0 radical (unpaired) electrons. The lowest BCUT2D eigenvalue weighted by atomic mass is 10.1. The molecule has 0 saturated carbocycles. The molecule has 1 aromatic rings. The molecule has 0 saturated heterocycles. The summed E-state index contributed by atoms with van der Waals surface area (Å²) in [6, 6.07) is 9.50. The van der Waals surface area contributed by atoms with Gasteiger partial charge in [0.15, 0.2) is 0 Å². The number of amides is 1. The van der Waals surface area contributed by atoms with Crippen molar-refractivity contribution in [2.75, 3.05) is 13.6 Å². The molecule has 0 aliphatic rings. The molecule has 18 heavy (non-hydrogen) atoms. The van der Waals surface area contributed by atoms with E-state index >= 15 is 0 Å². The van der Waals surface area contributed by atoms with Crippen LogP contribution >= 0.6 is 0 Å². The van der Waals surface area contributed by atoms with Crippen molar-refractivity contribution in [3.8, 4) is 0 Å². The minimum Gasteiger partial charge on any atom is -0.444 e. The van der Waals surface area contributed by atoms with Crippen molar-refractivity contribution in [2.45, 2.75) is 32.4 Å². The quantitative estimate of drug-likeness (QED) is 0.897. The van der Waals surface area contributed by atoms with Crippen LogP contribution < -0.4 is 5.73 Å². The van der Waals surface area contributed by atoms with E-state index < -0.39 is 5.60 Å². The molecule has 0 unspecified atom stereocenters. The zero-order chi connectivity index (χ0) is 13.8. The minimum atomic E-state index is -0.484. The Hall–Kier alpha value is -1.55. The van der Waals surface area contributed by atoms with Crippen molar-refractivity contribution in [3.63, 3.8) is 0 Å². The van der Waals surface area contributed by atoms with E-state index in [1.165, 1.54) is 4.90 Å². The molecule has 0 bridgehead atoms. The van der Waals surface area contributed by atoms with E-state index in [9.17, 15) is 4.79 Å². The Morgan fingerprint density at radius 3 is 2.39 bits per heavy atom. The van der Waals surface area contributed by atoms with Gasteiger partial charge in [0.1, 0.15) is 5.60 Å². The van der Waals surface area contributed by atoms with Gasteiger partial charge in [-0.2, -0.15) is 0 Å². The SMILES string of the molecule is CN(C[C@H](N)c1ccccc1)C(=O)OC(C)(C)C. The van der Waals surface area contributed by atoms with Gasteiger partial charge < -0.3 is 15.4 Å². The molecule has 2 N–H and O–H groups in total. The van der Waals surface area contributed by atoms with Crippen LogP contribution in [0.4, 0.5) is 4.79 Å². The zero-order valence-electron chi connectivity index (χ0n) is 11.5. The third-order valence-electron chi connectivity index (χ3n) is 2.40. The fraction of sp³-hybridized carbons (Fsp3) is 0.500. The molecule has 100 valence electrons. The van der Waals surface area contributed by atoms with Crippen LogP contribution in [0.3, 0.4) is 0 Å². The standard InChI is InChI=1S/C14H22N2O2/c1-14(2,3)18-13(17)16(4)10-12(15)11-8-6-5-7-9-11/h5-9,12H,10,15H2,1-4H3/t12-/m0/s1. The lowest BCUT2D eigenvalue weighted by Crippen LogP contribution is -2.38. The van der Waals surface area contributed by atoms with E-state index in [1.807, 2.05) is 51.1 Å². The Kier molecular flexibility index (Phi) is 4.73. The number of likely N-dealkylation sites (N-methyl/N-ethyl adjacent to an activating group) is 1. The molecule has 0 aromatic heterocycles. The largest absolute Gasteiger partial charge is 0.444 e. The van der Waals surface area contributed by atoms with Crippen LogP contribution in [-0.2, 0) is 4.74 Å². The van der Waals surface area contributed by atoms with Crippen LogP contribution in [0, 0.1) is 0 Å². The average molecular weight is 250 g/mol. The van der Waals surface area contributed by atoms with E-state index in [-0.39, 0.29) is 12.1 Å². The first-order valence-electron chi connectivity index (χ1n) is 6.04. The number of hydrogen-bond donors (Lipinski definition) is 1. The summed E-state index contributed by atoms with van der Waals surface area (Å²) in [4.78, 5) is 13.3. The molecule has 0 aliphatic carbocycles. The summed E-state index contributed by atoms with van der Waals surface area (Å²) in [6.07, 6.45) is -0.353. The zero-order valence-corrected chi connectivity index (χ0v) is 11.5. The maximum absolute atomic E-state index is 11.8. The Morgan fingerprint density at radius 1 is 1.33 bits per heavy atom. The smallest absolute Gasteiger partial charge is 0.410 e. The highest BCUT2D eigenvalue weighted by Crippen LogP contribution is 2.13. The number of benzene rings is 1. The third kappa shape index (κ3) is 4.75. The fourth-order valence-electron chi connectivity index (χ4n) is 1.52. The van der Waals surface area contributed by atoms with Crippen LogP contribution in [0.25, 0.3) is 0 Å². The van der Waals surface area contributed by atoms with Crippen molar-refractivity contribution >= 4 is 6.09 Å². The number of hydrogen-bond acceptors (Lipinski definition) is 3. The van der Waals surface area contributed by atoms with Crippen molar-refractivity contribution in [3.05, 3.63) is 35.9 Å². The summed E-state index contributed by atoms with van der Waals surface area (Å²) in [7, 11) is 1.69. The van der Waals surface area contributed by atoms with Crippen LogP contribution in [0.15, 0.2) is 30.3 Å². The van der Waals surface area contributed by atoms with E-state index in [1.54, 1.807) is 7.05 Å². The number of carbonyl (C=O) groups excluding carboxylic acids is 1. The maximum Gasteiger partial charge on any atom is 0.410 e. The van der Waals surface area contributed by atoms with Gasteiger partial charge in [0.2, 0.25) is 0 Å². The molecule has 1 aromatic carbocycles. The molecule has 1 atom stereocenters. The molecule has 0 fully saturated rings. The van der Waals surface area contributed by atoms with Gasteiger partial charge in [0.05, 0.1) is 0 Å². The summed E-state index contributed by atoms with van der Waals surface area (Å²) in [6.45, 7) is 5.96. The van der Waals surface area contributed by atoms with Gasteiger partial charge in [-0.3, -0.25) is 0 Å². The first-order valence-corrected chi connectivity index (χ1v) is 6.04. The van der Waals surface area contributed by atoms with Crippen LogP contribution in [0.2, 0.25) is 0 Å². The summed E-state index contributed by atoms with van der Waals surface area (Å²) in [5.74, 6) is 0. The average Bonchev–Trinajstić information content (AvgIpc) is 2.27. The third-order valence-corrected chi connectivity index (χ3v) is 2.40. The molecule has 1 amide bonds. The second-order valence-corrected chi connectivity index (χ2v) is 5.38. The van der Waals surface area contributed by atoms with E-state index in [0.29, 0.717) is 6.54 Å². The number of nitrogens with zero attached hydrogens (tertiary/aromatic N) is 1. The highest BCUT2D eigenvalue weighted by Gasteiger charge is 2.21. The molecule has 4 nitrogen and oxygen atoms in total. The van der Waals surface area contributed by atoms with Crippen molar-refractivity contribution in [2.24, 2.45) is 5.73 Å². The van der Waals surface area contributed by atoms with Crippen molar-refractivity contribution < 1.29 is 9.53 Å². The predicted octanol–water partition coefficient (Wildman–Crippen LogP) is 2.55. The first-order chi connectivity index (χ1) is 8.29. The molecule has 0 spiro atoms. The van der Waals surface area contributed by atoms with Gasteiger partial charge in [0, 0.05) is 19.6 Å². The fourth-order valence-corrected chi connectivity index (χ4v) is 1.52. The lowest BCUT2D eigenvalue weighted by molar-refractivity contribution is 0.0289. The number of rotatable bonds is 3. The molecular formula is C14H22N2O2. The number of ether oxygens (including phenoxy) is 1. The highest BCUT2D eigenvalue weighted by atomic mass is 16.6. The van der Waals surface area contributed by atoms with Gasteiger partial charge in [-0.05, 0) is 26.3 Å². The first kappa shape index (κ1) is 14.5. The van der Waals surface area contributed by atoms with Crippen LogP contribution in [-0.4, -0.2) is 30.2 Å². The van der Waals surface area contributed by atoms with Crippen LogP contribution in [0.1, 0.15) is 32.4 Å². The summed E-state index contributed by atoms with van der Waals surface area (Å²) < 4.78 is 5.27. The second kappa shape index (κ2) is 5.87. The van der Waals surface area contributed by atoms with Gasteiger partial charge in [-0.25, -0.2) is 4.79 Å². The summed E-state index contributed by atoms with van der Waals surface area (Å²) in [5.41, 5.74) is 6.57. The Labute approximate surface area is 109 Å². The molecular weight excluding hydrogens is 228 g/mol. The van der Waals surface area contributed by atoms with Gasteiger partial charge >= 0.3 is 6.09 Å². The number of carbonyl (C=O) groups is 1. The van der Waals surface area contributed by atoms with E-state index in [4.69, 9.17) is 10.5 Å². The van der Waals surface area contributed by atoms with Gasteiger partial charge in [-0.1, -0.05) is 30.3 Å². The molecule has 1 rings (SSSR count). The molecule has 4 heteroatoms. The predicted molar refractivity (Wildman–Crippen MR) is 72.2 cm³/mol. The monoisotopic (exact) mass is 250 g/mol. The Balaban J connectivity index is 2.55. The normalized spacial score (nSPS) is 12.9. The molecule has 0 aliphatic heterocycles. The van der Waals surface area contributed by atoms with Crippen LogP contribution in [0.5, 0.6) is 0 Å². The van der Waals surface area contributed by atoms with Gasteiger partial charge in [-0.15, -0.1) is 0 Å². The van der Waals surface area contributed by atoms with Crippen molar-refractivity contribution in [1.82, 2.24) is 4.90 Å². The Bertz CT molecular complexity index is 385. The van der Waals surface area contributed by atoms with Crippen molar-refractivity contribution in [1.29, 1.82) is 0 Å². The van der Waals surface area contributed by atoms with Gasteiger partial charge in [0.25, 0.3) is 0 Å². The summed E-state index contributed by atoms with van der Waals surface area (Å²) >= 11 is 0. The number of nitrogens with two attached hydrogens (primary N) is 1. The molecule has 0 heterocycles. The maximum atomic E-state index is 11.8. The second-order valence-electron chi connectivity index (χ2n) is 5.38. The Morgan fingerprint density at radius 2 is 1.89 bits per heavy atom. The minimum absolute atomic E-state index is 0.205. The van der Waals surface area contributed by atoms with E-state index in [0.717, 1.165) is 5.56 Å². The highest BCUT2D eigenvalue weighted by molar-refractivity contribution is 5.67.